The summed E-state index contributed by atoms with van der Waals surface area (Å²) >= 11 is 0. The van der Waals surface area contributed by atoms with Gasteiger partial charge in [-0.05, 0) is 0 Å². The molecule has 0 bridgehead atoms. The Bertz CT molecular complexity index is 14.0. The normalized spacial score (nSPS) is 4.50. The third-order valence-corrected chi connectivity index (χ3v) is 0.167. The molecule has 0 fully saturated rings. The molecule has 0 heterocycles. The van der Waals surface area contributed by atoms with E-state index in [1.54, 1.807) is 0 Å². The summed E-state index contributed by atoms with van der Waals surface area (Å²) in [6.45, 7) is 5.19. The SMILES string of the molecule is CC.Cl.Cl.NCCN. The molecule has 0 aromatic carbocycles. The van der Waals surface area contributed by atoms with Crippen molar-refractivity contribution in [3.8, 4) is 0 Å². The van der Waals surface area contributed by atoms with E-state index in [0.717, 1.165) is 0 Å². The number of halogens is 2. The minimum atomic E-state index is 0. The van der Waals surface area contributed by atoms with E-state index in [-0.39, 0.29) is 24.8 Å². The summed E-state index contributed by atoms with van der Waals surface area (Å²) in [4.78, 5) is 0. The van der Waals surface area contributed by atoms with Crippen LogP contribution >= 0.6 is 24.8 Å². The maximum Gasteiger partial charge on any atom is 0.00461 e. The highest BCUT2D eigenvalue weighted by molar-refractivity contribution is 5.85. The molecule has 4 N–H and O–H groups in total. The first-order valence-electron chi connectivity index (χ1n) is 2.32. The molecule has 0 rings (SSSR count). The molecular formula is C4H16Cl2N2. The molecule has 0 aliphatic heterocycles. The lowest BCUT2D eigenvalue weighted by Gasteiger charge is -1.72. The summed E-state index contributed by atoms with van der Waals surface area (Å²) in [6.07, 6.45) is 0. The van der Waals surface area contributed by atoms with Gasteiger partial charge in [0, 0.05) is 13.1 Å². The Morgan fingerprint density at radius 3 is 1.00 bits per heavy atom. The molecule has 0 aromatic rings. The van der Waals surface area contributed by atoms with Gasteiger partial charge in [0.05, 0.1) is 0 Å². The average Bonchev–Trinajstić information content (AvgIpc) is 1.72. The Balaban J connectivity index is -0.0000000183. The Morgan fingerprint density at radius 2 is 1.00 bits per heavy atom. The quantitative estimate of drug-likeness (QED) is 0.599. The molecule has 0 amide bonds. The fraction of sp³-hybridized carbons (Fsp3) is 1.00. The molecular weight excluding hydrogens is 147 g/mol. The van der Waals surface area contributed by atoms with Crippen molar-refractivity contribution in [1.82, 2.24) is 0 Å². The summed E-state index contributed by atoms with van der Waals surface area (Å²) in [5.41, 5.74) is 9.81. The van der Waals surface area contributed by atoms with Crippen LogP contribution in [-0.4, -0.2) is 13.1 Å². The van der Waals surface area contributed by atoms with E-state index in [1.165, 1.54) is 0 Å². The van der Waals surface area contributed by atoms with Crippen LogP contribution in [0.25, 0.3) is 0 Å². The smallest absolute Gasteiger partial charge is 0.00461 e. The molecule has 0 radical (unpaired) electrons. The number of nitrogens with two attached hydrogens (primary N) is 2. The van der Waals surface area contributed by atoms with Gasteiger partial charge in [0.1, 0.15) is 0 Å². The molecule has 0 aliphatic carbocycles. The summed E-state index contributed by atoms with van der Waals surface area (Å²) in [5.74, 6) is 0. The molecule has 0 aliphatic rings. The number of hydrogen-bond acceptors (Lipinski definition) is 2. The third kappa shape index (κ3) is 87.4. The van der Waals surface area contributed by atoms with Gasteiger partial charge in [0.2, 0.25) is 0 Å². The van der Waals surface area contributed by atoms with Gasteiger partial charge in [0.25, 0.3) is 0 Å². The van der Waals surface area contributed by atoms with Gasteiger partial charge in [-0.25, -0.2) is 0 Å². The molecule has 56 valence electrons. The fourth-order valence-corrected chi connectivity index (χ4v) is 0. The van der Waals surface area contributed by atoms with Crippen LogP contribution in [0.15, 0.2) is 0 Å². The second-order valence-electron chi connectivity index (χ2n) is 0.577. The topological polar surface area (TPSA) is 52.0 Å². The standard InChI is InChI=1S/C2H8N2.C2H6.2ClH/c3-1-2-4;1-2;;/h1-4H2;1-2H3;2*1H. The van der Waals surface area contributed by atoms with Crippen LogP contribution < -0.4 is 11.5 Å². The Labute approximate surface area is 63.8 Å². The average molecular weight is 163 g/mol. The first-order chi connectivity index (χ1) is 2.91. The minimum absolute atomic E-state index is 0. The molecule has 0 atom stereocenters. The maximum atomic E-state index is 4.90. The molecule has 2 nitrogen and oxygen atoms in total. The molecule has 0 unspecified atom stereocenters. The van der Waals surface area contributed by atoms with Crippen molar-refractivity contribution >= 4 is 24.8 Å². The fourth-order valence-electron chi connectivity index (χ4n) is 0. The molecule has 8 heavy (non-hydrogen) atoms. The van der Waals surface area contributed by atoms with Crippen LogP contribution in [0.1, 0.15) is 13.8 Å². The Morgan fingerprint density at radius 1 is 0.875 bits per heavy atom. The van der Waals surface area contributed by atoms with Gasteiger partial charge in [-0.15, -0.1) is 24.8 Å². The largest absolute Gasteiger partial charge is 0.329 e. The Hall–Kier alpha value is 0.500. The van der Waals surface area contributed by atoms with Crippen molar-refractivity contribution in [2.45, 2.75) is 13.8 Å². The van der Waals surface area contributed by atoms with Gasteiger partial charge >= 0.3 is 0 Å². The van der Waals surface area contributed by atoms with E-state index in [9.17, 15) is 0 Å². The maximum absolute atomic E-state index is 4.90. The van der Waals surface area contributed by atoms with Gasteiger partial charge in [-0.1, -0.05) is 13.8 Å². The zero-order valence-corrected chi connectivity index (χ0v) is 7.02. The van der Waals surface area contributed by atoms with E-state index in [4.69, 9.17) is 11.5 Å². The van der Waals surface area contributed by atoms with Gasteiger partial charge in [-0.2, -0.15) is 0 Å². The van der Waals surface area contributed by atoms with Gasteiger partial charge < -0.3 is 11.5 Å². The van der Waals surface area contributed by atoms with E-state index in [2.05, 4.69) is 0 Å². The van der Waals surface area contributed by atoms with Crippen LogP contribution in [0.5, 0.6) is 0 Å². The highest BCUT2D eigenvalue weighted by Gasteiger charge is 1.54. The van der Waals surface area contributed by atoms with Gasteiger partial charge in [-0.3, -0.25) is 0 Å². The first-order valence-corrected chi connectivity index (χ1v) is 2.32. The van der Waals surface area contributed by atoms with Gasteiger partial charge in [0.15, 0.2) is 0 Å². The first kappa shape index (κ1) is 23.6. The zero-order chi connectivity index (χ0) is 5.41. The lowest BCUT2D eigenvalue weighted by molar-refractivity contribution is 0.976. The summed E-state index contributed by atoms with van der Waals surface area (Å²) < 4.78 is 0. The van der Waals surface area contributed by atoms with E-state index in [0.29, 0.717) is 13.1 Å². The summed E-state index contributed by atoms with van der Waals surface area (Å²) in [6, 6.07) is 0. The van der Waals surface area contributed by atoms with Crippen molar-refractivity contribution in [3.63, 3.8) is 0 Å². The molecule has 0 saturated heterocycles. The van der Waals surface area contributed by atoms with Crippen molar-refractivity contribution in [2.24, 2.45) is 11.5 Å². The molecule has 4 heteroatoms. The predicted molar refractivity (Wildman–Crippen MR) is 44.0 cm³/mol. The Kier molecular flexibility index (Phi) is 150. The second-order valence-corrected chi connectivity index (χ2v) is 0.577. The van der Waals surface area contributed by atoms with Crippen LogP contribution in [0, 0.1) is 0 Å². The molecule has 0 saturated carbocycles. The van der Waals surface area contributed by atoms with E-state index in [1.807, 2.05) is 13.8 Å². The number of rotatable bonds is 1. The zero-order valence-electron chi connectivity index (χ0n) is 5.39. The van der Waals surface area contributed by atoms with Crippen LogP contribution in [0.2, 0.25) is 0 Å². The highest BCUT2D eigenvalue weighted by Crippen LogP contribution is 1.24. The van der Waals surface area contributed by atoms with Crippen molar-refractivity contribution in [2.75, 3.05) is 13.1 Å². The monoisotopic (exact) mass is 162 g/mol. The van der Waals surface area contributed by atoms with Crippen molar-refractivity contribution in [3.05, 3.63) is 0 Å². The van der Waals surface area contributed by atoms with Crippen LogP contribution in [0.4, 0.5) is 0 Å². The third-order valence-electron chi connectivity index (χ3n) is 0.167. The van der Waals surface area contributed by atoms with Crippen LogP contribution in [-0.2, 0) is 0 Å². The minimum Gasteiger partial charge on any atom is -0.329 e. The van der Waals surface area contributed by atoms with E-state index < -0.39 is 0 Å². The van der Waals surface area contributed by atoms with Crippen molar-refractivity contribution in [1.29, 1.82) is 0 Å². The summed E-state index contributed by atoms with van der Waals surface area (Å²) in [7, 11) is 0. The lowest BCUT2D eigenvalue weighted by Crippen LogP contribution is -2.11. The van der Waals surface area contributed by atoms with E-state index >= 15 is 0 Å². The summed E-state index contributed by atoms with van der Waals surface area (Å²) in [5, 5.41) is 0. The predicted octanol–water partition coefficient (Wildman–Crippen LogP) is 0.774. The number of hydrogen-bond donors (Lipinski definition) is 2. The highest BCUT2D eigenvalue weighted by atomic mass is 35.5. The van der Waals surface area contributed by atoms with Crippen LogP contribution in [0.3, 0.4) is 0 Å². The van der Waals surface area contributed by atoms with Crippen molar-refractivity contribution < 1.29 is 0 Å². The lowest BCUT2D eigenvalue weighted by atomic mass is 10.7. The second kappa shape index (κ2) is 50.7. The molecule has 0 aromatic heterocycles. The molecule has 0 spiro atoms.